The maximum atomic E-state index is 9.29. The number of hydrogen-bond donors (Lipinski definition) is 1. The van der Waals surface area contributed by atoms with E-state index in [9.17, 15) is 5.11 Å². The van der Waals surface area contributed by atoms with Gasteiger partial charge < -0.3 is 5.11 Å². The lowest BCUT2D eigenvalue weighted by atomic mass is 10.1. The van der Waals surface area contributed by atoms with E-state index in [1.807, 2.05) is 0 Å². The van der Waals surface area contributed by atoms with Crippen LogP contribution in [-0.2, 0) is 6.61 Å². The first-order chi connectivity index (χ1) is 8.82. The zero-order valence-corrected chi connectivity index (χ0v) is 6.15. The minimum Gasteiger partial charge on any atom is -0.392 e. The van der Waals surface area contributed by atoms with Crippen molar-refractivity contribution in [3.05, 3.63) is 47.9 Å². The molecule has 0 aliphatic heterocycles. The third-order valence-electron chi connectivity index (χ3n) is 1.55. The number of rotatable bonds is 1. The SMILES string of the molecule is [2H]c1c([2H])c([2H])c2c(CO)c([2H])c([2H])c([2H])c2c1[2H]. The summed E-state index contributed by atoms with van der Waals surface area (Å²) in [7, 11) is 0. The van der Waals surface area contributed by atoms with Gasteiger partial charge in [0.1, 0.15) is 0 Å². The quantitative estimate of drug-likeness (QED) is 0.687. The predicted molar refractivity (Wildman–Crippen MR) is 49.9 cm³/mol. The fourth-order valence-corrected chi connectivity index (χ4v) is 0.983. The van der Waals surface area contributed by atoms with Crippen LogP contribution in [0, 0.1) is 0 Å². The minimum absolute atomic E-state index is 0.0528. The van der Waals surface area contributed by atoms with Crippen LogP contribution in [0.1, 0.15) is 15.2 Å². The molecule has 1 heteroatoms. The van der Waals surface area contributed by atoms with Gasteiger partial charge in [-0.25, -0.2) is 0 Å². The molecule has 0 atom stereocenters. The normalized spacial score (nSPS) is 18.6. The van der Waals surface area contributed by atoms with Gasteiger partial charge in [0.15, 0.2) is 0 Å². The van der Waals surface area contributed by atoms with Gasteiger partial charge in [-0.3, -0.25) is 0 Å². The zero-order valence-electron chi connectivity index (χ0n) is 13.2. The summed E-state index contributed by atoms with van der Waals surface area (Å²) in [6.45, 7) is -0.621. The van der Waals surface area contributed by atoms with Crippen molar-refractivity contribution in [1.82, 2.24) is 0 Å². The van der Waals surface area contributed by atoms with Gasteiger partial charge in [0.2, 0.25) is 0 Å². The van der Waals surface area contributed by atoms with E-state index in [1.54, 1.807) is 0 Å². The van der Waals surface area contributed by atoms with Crippen LogP contribution in [0.4, 0.5) is 0 Å². The Hall–Kier alpha value is -1.34. The Labute approximate surface area is 81.1 Å². The molecule has 0 bridgehead atoms. The summed E-state index contributed by atoms with van der Waals surface area (Å²) in [5, 5.41) is 9.11. The molecule has 0 radical (unpaired) electrons. The van der Waals surface area contributed by atoms with Crippen molar-refractivity contribution in [3.8, 4) is 0 Å². The highest BCUT2D eigenvalue weighted by atomic mass is 16.3. The van der Waals surface area contributed by atoms with Crippen LogP contribution in [0.5, 0.6) is 0 Å². The van der Waals surface area contributed by atoms with Crippen molar-refractivity contribution < 1.29 is 14.7 Å². The smallest absolute Gasteiger partial charge is 0.0687 e. The molecule has 0 unspecified atom stereocenters. The first-order valence-electron chi connectivity index (χ1n) is 6.92. The van der Waals surface area contributed by atoms with Gasteiger partial charge >= 0.3 is 0 Å². The molecule has 0 aliphatic carbocycles. The molecule has 0 heterocycles. The highest BCUT2D eigenvalue weighted by molar-refractivity contribution is 5.85. The van der Waals surface area contributed by atoms with Crippen LogP contribution in [0.2, 0.25) is 0 Å². The topological polar surface area (TPSA) is 20.2 Å². The number of aliphatic hydroxyl groups is 1. The summed E-state index contributed by atoms with van der Waals surface area (Å²) in [5.41, 5.74) is -0.0528. The van der Waals surface area contributed by atoms with Crippen LogP contribution < -0.4 is 0 Å². The molecule has 0 saturated heterocycles. The molecule has 0 fully saturated rings. The molecule has 2 aromatic carbocycles. The average molecular weight is 165 g/mol. The molecule has 60 valence electrons. The monoisotopic (exact) mass is 165 g/mol. The van der Waals surface area contributed by atoms with Crippen molar-refractivity contribution in [3.63, 3.8) is 0 Å². The Morgan fingerprint density at radius 2 is 1.83 bits per heavy atom. The Morgan fingerprint density at radius 3 is 2.67 bits per heavy atom. The number of aliphatic hydroxyl groups excluding tert-OH is 1. The number of hydrogen-bond acceptors (Lipinski definition) is 1. The lowest BCUT2D eigenvalue weighted by molar-refractivity contribution is 0.283. The third-order valence-corrected chi connectivity index (χ3v) is 1.55. The second kappa shape index (κ2) is 2.95. The highest BCUT2D eigenvalue weighted by Crippen LogP contribution is 2.17. The van der Waals surface area contributed by atoms with Crippen molar-refractivity contribution >= 4 is 10.8 Å². The lowest BCUT2D eigenvalue weighted by Crippen LogP contribution is -1.84. The summed E-state index contributed by atoms with van der Waals surface area (Å²) in [6.07, 6.45) is 0. The third kappa shape index (κ3) is 1.08. The molecule has 0 aromatic heterocycles. The Balaban J connectivity index is 3.21. The van der Waals surface area contributed by atoms with Crippen LogP contribution in [0.3, 0.4) is 0 Å². The van der Waals surface area contributed by atoms with Gasteiger partial charge in [0.25, 0.3) is 0 Å². The van der Waals surface area contributed by atoms with E-state index in [0.717, 1.165) is 0 Å². The first kappa shape index (κ1) is 2.86. The minimum atomic E-state index is -0.621. The van der Waals surface area contributed by atoms with E-state index in [0.29, 0.717) is 0 Å². The van der Waals surface area contributed by atoms with E-state index in [1.165, 1.54) is 0 Å². The first-order valence-corrected chi connectivity index (χ1v) is 3.42. The van der Waals surface area contributed by atoms with E-state index >= 15 is 0 Å². The molecule has 12 heavy (non-hydrogen) atoms. The maximum Gasteiger partial charge on any atom is 0.0687 e. The van der Waals surface area contributed by atoms with E-state index in [4.69, 9.17) is 9.60 Å². The van der Waals surface area contributed by atoms with E-state index in [-0.39, 0.29) is 22.4 Å². The van der Waals surface area contributed by atoms with Crippen molar-refractivity contribution in [2.24, 2.45) is 0 Å². The summed E-state index contributed by atoms with van der Waals surface area (Å²) in [4.78, 5) is 0. The molecule has 0 amide bonds. The van der Waals surface area contributed by atoms with Crippen LogP contribution in [0.15, 0.2) is 42.3 Å². The van der Waals surface area contributed by atoms with Gasteiger partial charge in [0.05, 0.1) is 16.2 Å². The Kier molecular flexibility index (Phi) is 0.703. The predicted octanol–water partition coefficient (Wildman–Crippen LogP) is 2.33. The summed E-state index contributed by atoms with van der Waals surface area (Å²) in [5.74, 6) is 0. The van der Waals surface area contributed by atoms with E-state index in [2.05, 4.69) is 0 Å². The van der Waals surface area contributed by atoms with Gasteiger partial charge in [-0.2, -0.15) is 0 Å². The second-order valence-corrected chi connectivity index (χ2v) is 2.26. The molecule has 0 spiro atoms. The average Bonchev–Trinajstić information content (AvgIpc) is 2.40. The maximum absolute atomic E-state index is 9.29. The molecule has 2 aromatic rings. The van der Waals surface area contributed by atoms with Crippen LogP contribution in [-0.4, -0.2) is 5.11 Å². The summed E-state index contributed by atoms with van der Waals surface area (Å²) < 4.78 is 53.8. The lowest BCUT2D eigenvalue weighted by Gasteiger charge is -2.01. The second-order valence-electron chi connectivity index (χ2n) is 2.26. The van der Waals surface area contributed by atoms with Gasteiger partial charge in [0, 0.05) is 0 Å². The fraction of sp³-hybridized carbons (Fsp3) is 0.0909. The van der Waals surface area contributed by atoms with Crippen molar-refractivity contribution in [1.29, 1.82) is 0 Å². The molecule has 2 rings (SSSR count). The van der Waals surface area contributed by atoms with Crippen molar-refractivity contribution in [2.75, 3.05) is 0 Å². The fourth-order valence-electron chi connectivity index (χ4n) is 0.983. The summed E-state index contributed by atoms with van der Waals surface area (Å²) in [6, 6.07) is -3.07. The molecular formula is C11H10O. The number of fused-ring (bicyclic) bond motifs is 1. The molecule has 1 N–H and O–H groups in total. The van der Waals surface area contributed by atoms with Crippen LogP contribution in [0.25, 0.3) is 10.8 Å². The highest BCUT2D eigenvalue weighted by Gasteiger charge is 1.96. The van der Waals surface area contributed by atoms with Gasteiger partial charge in [-0.15, -0.1) is 0 Å². The van der Waals surface area contributed by atoms with E-state index < -0.39 is 42.9 Å². The zero-order chi connectivity index (χ0) is 14.5. The van der Waals surface area contributed by atoms with Crippen molar-refractivity contribution in [2.45, 2.75) is 6.61 Å². The Morgan fingerprint density at radius 1 is 1.08 bits per heavy atom. The number of benzene rings is 2. The Bertz CT molecular complexity index is 688. The molecule has 1 nitrogen and oxygen atoms in total. The summed E-state index contributed by atoms with van der Waals surface area (Å²) >= 11 is 0. The van der Waals surface area contributed by atoms with Gasteiger partial charge in [-0.1, -0.05) is 42.3 Å². The largest absolute Gasteiger partial charge is 0.392 e. The molecular weight excluding hydrogens is 148 g/mol. The molecule has 0 aliphatic rings. The standard InChI is InChI=1S/C11H10O/c12-8-10-6-3-5-9-4-1-2-7-11(9)10/h1-7,12H,8H2/i1D,2D,3D,4D,5D,6D,7D. The molecule has 0 saturated carbocycles. The van der Waals surface area contributed by atoms with Crippen LogP contribution >= 0.6 is 0 Å². The van der Waals surface area contributed by atoms with Gasteiger partial charge in [-0.05, 0) is 16.3 Å².